The standard InChI is InChI=1S/C19H6F9.Sn/c20-7-1-10(23)16(11(24)2-7)19(17-12(25)3-8(21)4-13(17)26)18-14(27)5-9(22)6-15(18)28;/h1-6H;. The molecule has 0 nitrogen and oxygen atoms in total. The second kappa shape index (κ2) is 7.58. The third kappa shape index (κ3) is 3.60. The van der Waals surface area contributed by atoms with E-state index in [1.807, 2.05) is 0 Å². The van der Waals surface area contributed by atoms with Crippen LogP contribution in [0.3, 0.4) is 0 Å². The molecule has 0 N–H and O–H groups in total. The fourth-order valence-corrected chi connectivity index (χ4v) is 5.12. The molecule has 3 rings (SSSR count). The predicted molar refractivity (Wildman–Crippen MR) is 84.6 cm³/mol. The Morgan fingerprint density at radius 3 is 0.759 bits per heavy atom. The third-order valence-electron chi connectivity index (χ3n) is 4.15. The number of rotatable bonds is 3. The molecule has 0 fully saturated rings. The molecule has 0 unspecified atom stereocenters. The molecule has 0 atom stereocenters. The zero-order valence-electron chi connectivity index (χ0n) is 13.9. The summed E-state index contributed by atoms with van der Waals surface area (Å²) in [4.78, 5) is 0. The van der Waals surface area contributed by atoms with Crippen molar-refractivity contribution in [1.82, 2.24) is 0 Å². The van der Waals surface area contributed by atoms with Crippen molar-refractivity contribution in [3.63, 3.8) is 0 Å². The van der Waals surface area contributed by atoms with Crippen molar-refractivity contribution in [2.75, 3.05) is 0 Å². The Hall–Kier alpha value is -2.17. The third-order valence-corrected chi connectivity index (χ3v) is 6.29. The molecule has 10 heteroatoms. The summed E-state index contributed by atoms with van der Waals surface area (Å²) in [6.45, 7) is 0. The second-order valence-electron chi connectivity index (χ2n) is 5.98. The van der Waals surface area contributed by atoms with Crippen LogP contribution >= 0.6 is 0 Å². The molecular formula is C19H6F9Sn. The molecule has 0 amide bonds. The van der Waals surface area contributed by atoms with E-state index in [9.17, 15) is 39.5 Å². The van der Waals surface area contributed by atoms with E-state index in [0.717, 1.165) is 0 Å². The van der Waals surface area contributed by atoms with E-state index in [2.05, 4.69) is 0 Å². The molecule has 3 radical (unpaired) electrons. The summed E-state index contributed by atoms with van der Waals surface area (Å²) < 4.78 is 125. The second-order valence-corrected chi connectivity index (χ2v) is 8.12. The van der Waals surface area contributed by atoms with Gasteiger partial charge in [-0.15, -0.1) is 0 Å². The summed E-state index contributed by atoms with van der Waals surface area (Å²) in [5, 5.41) is 0. The van der Waals surface area contributed by atoms with Gasteiger partial charge in [0.15, 0.2) is 0 Å². The van der Waals surface area contributed by atoms with Crippen molar-refractivity contribution in [1.29, 1.82) is 0 Å². The van der Waals surface area contributed by atoms with Crippen LogP contribution in [0.1, 0.15) is 16.7 Å². The fraction of sp³-hybridized carbons (Fsp3) is 0.0526. The van der Waals surface area contributed by atoms with Crippen LogP contribution in [-0.4, -0.2) is 22.5 Å². The predicted octanol–water partition coefficient (Wildman–Crippen LogP) is 5.40. The summed E-state index contributed by atoms with van der Waals surface area (Å²) in [5.74, 6) is -14.4. The van der Waals surface area contributed by atoms with Crippen LogP contribution in [0, 0.1) is 52.4 Å². The van der Waals surface area contributed by atoms with Crippen LogP contribution in [0.2, 0.25) is 0 Å². The molecule has 0 bridgehead atoms. The van der Waals surface area contributed by atoms with Gasteiger partial charge in [-0.1, -0.05) is 0 Å². The van der Waals surface area contributed by atoms with Gasteiger partial charge in [0.1, 0.15) is 0 Å². The van der Waals surface area contributed by atoms with E-state index in [1.165, 1.54) is 0 Å². The van der Waals surface area contributed by atoms with E-state index in [4.69, 9.17) is 0 Å². The normalized spacial score (nSPS) is 11.8. The van der Waals surface area contributed by atoms with Gasteiger partial charge >= 0.3 is 171 Å². The van der Waals surface area contributed by atoms with Gasteiger partial charge in [0.05, 0.1) is 0 Å². The first-order valence-electron chi connectivity index (χ1n) is 7.66. The molecule has 0 saturated carbocycles. The Kier molecular flexibility index (Phi) is 5.63. The fourth-order valence-electron chi connectivity index (χ4n) is 3.08. The number of hydrogen-bond acceptors (Lipinski definition) is 0. The first kappa shape index (κ1) is 21.5. The first-order valence-corrected chi connectivity index (χ1v) is 9.09. The van der Waals surface area contributed by atoms with E-state index >= 15 is 0 Å². The van der Waals surface area contributed by atoms with Gasteiger partial charge in [-0.25, -0.2) is 0 Å². The Labute approximate surface area is 171 Å². The van der Waals surface area contributed by atoms with Crippen molar-refractivity contribution in [2.45, 2.75) is 3.43 Å². The number of hydrogen-bond donors (Lipinski definition) is 0. The van der Waals surface area contributed by atoms with Crippen molar-refractivity contribution in [3.8, 4) is 0 Å². The van der Waals surface area contributed by atoms with Crippen molar-refractivity contribution >= 4 is 22.5 Å². The van der Waals surface area contributed by atoms with Gasteiger partial charge in [-0.2, -0.15) is 0 Å². The molecule has 0 spiro atoms. The minimum absolute atomic E-state index is 0.149. The summed E-state index contributed by atoms with van der Waals surface area (Å²) in [6.07, 6.45) is 0. The molecule has 0 heterocycles. The Morgan fingerprint density at radius 1 is 0.414 bits per heavy atom. The van der Waals surface area contributed by atoms with Crippen LogP contribution in [0.15, 0.2) is 36.4 Å². The molecular weight excluding hydrogens is 518 g/mol. The van der Waals surface area contributed by atoms with Crippen molar-refractivity contribution in [2.24, 2.45) is 0 Å². The van der Waals surface area contributed by atoms with Crippen LogP contribution in [0.4, 0.5) is 39.5 Å². The number of benzene rings is 3. The van der Waals surface area contributed by atoms with Gasteiger partial charge in [-0.05, 0) is 0 Å². The summed E-state index contributed by atoms with van der Waals surface area (Å²) in [6, 6.07) is 0.892. The molecule has 3 aromatic rings. The molecule has 0 aromatic heterocycles. The van der Waals surface area contributed by atoms with E-state index in [0.29, 0.717) is 0 Å². The van der Waals surface area contributed by atoms with Crippen LogP contribution in [-0.2, 0) is 3.43 Å². The minimum atomic E-state index is -2.86. The summed E-state index contributed by atoms with van der Waals surface area (Å²) in [5.41, 5.74) is -3.86. The summed E-state index contributed by atoms with van der Waals surface area (Å²) in [7, 11) is 0. The topological polar surface area (TPSA) is 0 Å². The van der Waals surface area contributed by atoms with Gasteiger partial charge in [-0.3, -0.25) is 0 Å². The zero-order valence-corrected chi connectivity index (χ0v) is 16.7. The molecule has 29 heavy (non-hydrogen) atoms. The van der Waals surface area contributed by atoms with Crippen molar-refractivity contribution in [3.05, 3.63) is 105 Å². The SMILES string of the molecule is Fc1cc(F)c([C]([Sn])(c2c(F)cc(F)cc2F)c2c(F)cc(F)cc2F)c(F)c1. The molecule has 0 aliphatic carbocycles. The summed E-state index contributed by atoms with van der Waals surface area (Å²) >= 11 is -0.286. The molecule has 0 saturated heterocycles. The first-order chi connectivity index (χ1) is 13.5. The average molecular weight is 524 g/mol. The molecule has 0 aliphatic rings. The van der Waals surface area contributed by atoms with Gasteiger partial charge < -0.3 is 0 Å². The monoisotopic (exact) mass is 525 g/mol. The average Bonchev–Trinajstić information content (AvgIpc) is 2.51. The maximum absolute atomic E-state index is 14.6. The molecule has 0 aliphatic heterocycles. The van der Waals surface area contributed by atoms with Crippen LogP contribution in [0.25, 0.3) is 0 Å². The van der Waals surface area contributed by atoms with E-state index in [-0.39, 0.29) is 58.9 Å². The Balaban J connectivity index is 2.55. The van der Waals surface area contributed by atoms with Gasteiger partial charge in [0.25, 0.3) is 0 Å². The van der Waals surface area contributed by atoms with E-state index < -0.39 is 72.5 Å². The van der Waals surface area contributed by atoms with Crippen LogP contribution in [0.5, 0.6) is 0 Å². The van der Waals surface area contributed by atoms with Crippen molar-refractivity contribution < 1.29 is 39.5 Å². The van der Waals surface area contributed by atoms with Gasteiger partial charge in [0, 0.05) is 0 Å². The molecule has 149 valence electrons. The molecule has 3 aromatic carbocycles. The number of halogens is 9. The van der Waals surface area contributed by atoms with E-state index in [1.54, 1.807) is 0 Å². The van der Waals surface area contributed by atoms with Crippen LogP contribution < -0.4 is 0 Å². The quantitative estimate of drug-likeness (QED) is 0.245. The Bertz CT molecular complexity index is 918. The zero-order chi connectivity index (χ0) is 21.7. The Morgan fingerprint density at radius 2 is 0.586 bits per heavy atom. The maximum atomic E-state index is 14.6. The van der Waals surface area contributed by atoms with Gasteiger partial charge in [0.2, 0.25) is 0 Å².